The predicted molar refractivity (Wildman–Crippen MR) is 199 cm³/mol. The van der Waals surface area contributed by atoms with E-state index in [2.05, 4.69) is 36.0 Å². The molecule has 0 aliphatic carbocycles. The van der Waals surface area contributed by atoms with Gasteiger partial charge in [0, 0.05) is 42.1 Å². The number of nitro groups is 4. The van der Waals surface area contributed by atoms with Gasteiger partial charge in [0.05, 0.1) is 37.1 Å². The third-order valence-electron chi connectivity index (χ3n) is 7.50. The van der Waals surface area contributed by atoms with Crippen LogP contribution in [0.4, 0.5) is 68.2 Å². The Morgan fingerprint density at radius 1 is 0.483 bits per heavy atom. The number of non-ortho nitro benzene ring substituents is 3. The Morgan fingerprint density at radius 3 is 1.48 bits per heavy atom. The van der Waals surface area contributed by atoms with Gasteiger partial charge in [0.15, 0.2) is 17.2 Å². The van der Waals surface area contributed by atoms with Gasteiger partial charge in [-0.3, -0.25) is 49.6 Å². The van der Waals surface area contributed by atoms with Gasteiger partial charge in [-0.2, -0.15) is 21.9 Å². The van der Waals surface area contributed by atoms with Gasteiger partial charge in [0.2, 0.25) is 5.75 Å². The molecule has 0 heterocycles. The maximum absolute atomic E-state index is 12.0. The van der Waals surface area contributed by atoms with E-state index < -0.39 is 118 Å². The normalized spacial score (nSPS) is 12.0. The standard InChI is InChI=1S/C30H19N11O17S2/c42-28-21(9-18(40(49)50)10-24(28)41(51)52)35-36-23-13-22(29(43)27(30(23)44)37-33-20-8-6-17(39(47)48)12-26(20)60(56,57)58)34-32-15-3-1-14(2-4-15)31-19-7-5-16(38(45)46)11-25(19)59(53,54)55/h1-13,31,42-44H,(H,53,54,55)(H,56,57,58). The fourth-order valence-corrected chi connectivity index (χ4v) is 6.03. The zero-order valence-corrected chi connectivity index (χ0v) is 30.6. The second-order valence-corrected chi connectivity index (χ2v) is 14.2. The van der Waals surface area contributed by atoms with Crippen LogP contribution in [-0.4, -0.2) is 61.0 Å². The first-order valence-corrected chi connectivity index (χ1v) is 18.3. The predicted octanol–water partition coefficient (Wildman–Crippen LogP) is 7.92. The van der Waals surface area contributed by atoms with Crippen molar-refractivity contribution in [3.8, 4) is 17.2 Å². The lowest BCUT2D eigenvalue weighted by Crippen LogP contribution is -2.04. The zero-order valence-electron chi connectivity index (χ0n) is 28.9. The highest BCUT2D eigenvalue weighted by molar-refractivity contribution is 7.86. The summed E-state index contributed by atoms with van der Waals surface area (Å²) in [7, 11) is -10.1. The number of benzene rings is 5. The van der Waals surface area contributed by atoms with Crippen molar-refractivity contribution >= 4 is 88.5 Å². The van der Waals surface area contributed by atoms with Gasteiger partial charge in [-0.1, -0.05) is 0 Å². The van der Waals surface area contributed by atoms with Crippen LogP contribution in [-0.2, 0) is 20.2 Å². The van der Waals surface area contributed by atoms with E-state index in [1.807, 2.05) is 0 Å². The van der Waals surface area contributed by atoms with E-state index in [1.54, 1.807) is 0 Å². The fourth-order valence-electron chi connectivity index (χ4n) is 4.72. The van der Waals surface area contributed by atoms with Crippen molar-refractivity contribution in [1.82, 2.24) is 0 Å². The Morgan fingerprint density at radius 2 is 0.967 bits per heavy atom. The summed E-state index contributed by atoms with van der Waals surface area (Å²) >= 11 is 0. The molecule has 308 valence electrons. The number of phenols is 3. The molecule has 0 aliphatic rings. The highest BCUT2D eigenvalue weighted by atomic mass is 32.2. The van der Waals surface area contributed by atoms with Crippen LogP contribution >= 0.6 is 0 Å². The van der Waals surface area contributed by atoms with Crippen molar-refractivity contribution in [2.75, 3.05) is 5.32 Å². The van der Waals surface area contributed by atoms with Gasteiger partial charge >= 0.3 is 5.69 Å². The number of anilines is 2. The van der Waals surface area contributed by atoms with Crippen LogP contribution in [0, 0.1) is 40.5 Å². The van der Waals surface area contributed by atoms with Gasteiger partial charge in [-0.05, 0) is 36.4 Å². The molecule has 5 aromatic carbocycles. The summed E-state index contributed by atoms with van der Waals surface area (Å²) in [4.78, 5) is 39.0. The number of rotatable bonds is 14. The number of nitrogens with one attached hydrogen (secondary N) is 1. The van der Waals surface area contributed by atoms with Gasteiger partial charge in [0.25, 0.3) is 37.3 Å². The number of azo groups is 3. The highest BCUT2D eigenvalue weighted by Crippen LogP contribution is 2.51. The molecule has 0 amide bonds. The van der Waals surface area contributed by atoms with Crippen LogP contribution < -0.4 is 5.32 Å². The van der Waals surface area contributed by atoms with Crippen molar-refractivity contribution in [1.29, 1.82) is 0 Å². The first-order chi connectivity index (χ1) is 28.0. The van der Waals surface area contributed by atoms with Crippen molar-refractivity contribution in [2.45, 2.75) is 9.79 Å². The summed E-state index contributed by atoms with van der Waals surface area (Å²) in [5, 5.41) is 102. The number of phenolic OH excluding ortho intramolecular Hbond substituents is 3. The summed E-state index contributed by atoms with van der Waals surface area (Å²) in [5.41, 5.74) is -7.54. The molecule has 0 radical (unpaired) electrons. The van der Waals surface area contributed by atoms with E-state index in [9.17, 15) is 81.7 Å². The van der Waals surface area contributed by atoms with Crippen molar-refractivity contribution in [2.24, 2.45) is 30.7 Å². The summed E-state index contributed by atoms with van der Waals surface area (Å²) < 4.78 is 67.0. The molecule has 0 atom stereocenters. The number of hydrogen-bond acceptors (Lipinski definition) is 22. The van der Waals surface area contributed by atoms with E-state index in [1.165, 1.54) is 24.3 Å². The molecule has 60 heavy (non-hydrogen) atoms. The second-order valence-electron chi connectivity index (χ2n) is 11.4. The van der Waals surface area contributed by atoms with Crippen LogP contribution in [0.15, 0.2) is 119 Å². The third-order valence-corrected chi connectivity index (χ3v) is 9.27. The zero-order chi connectivity index (χ0) is 44.3. The maximum atomic E-state index is 12.0. The highest BCUT2D eigenvalue weighted by Gasteiger charge is 2.26. The van der Waals surface area contributed by atoms with Gasteiger partial charge < -0.3 is 20.6 Å². The third kappa shape index (κ3) is 9.54. The average molecular weight is 870 g/mol. The van der Waals surface area contributed by atoms with Crippen LogP contribution in [0.3, 0.4) is 0 Å². The lowest BCUT2D eigenvalue weighted by Gasteiger charge is -2.10. The Balaban J connectivity index is 1.59. The summed E-state index contributed by atoms with van der Waals surface area (Å²) in [6, 6.07) is 11.5. The Labute approximate surface area is 331 Å². The smallest absolute Gasteiger partial charge is 0.319 e. The molecule has 0 unspecified atom stereocenters. The molecule has 0 aliphatic heterocycles. The minimum absolute atomic E-state index is 0.00409. The topological polar surface area (TPSA) is 428 Å². The van der Waals surface area contributed by atoms with Crippen LogP contribution in [0.2, 0.25) is 0 Å². The molecule has 0 aromatic heterocycles. The SMILES string of the molecule is O=[N+]([O-])c1cc(N=Nc2cc(N=Nc3ccc(Nc4ccc([N+](=O)[O-])cc4S(=O)(=O)O)cc3)c(O)c(N=Nc3ccc([N+](=O)[O-])cc3S(=O)(=O)O)c2O)c(O)c([N+](=O)[O-])c1. The molecule has 0 spiro atoms. The van der Waals surface area contributed by atoms with Crippen molar-refractivity contribution in [3.63, 3.8) is 0 Å². The number of nitrogens with zero attached hydrogens (tertiary/aromatic N) is 10. The van der Waals surface area contributed by atoms with Gasteiger partial charge in [-0.25, -0.2) is 0 Å². The summed E-state index contributed by atoms with van der Waals surface area (Å²) in [6.45, 7) is 0. The molecule has 30 heteroatoms. The number of hydrogen-bond donors (Lipinski definition) is 6. The molecule has 5 aromatic rings. The van der Waals surface area contributed by atoms with E-state index >= 15 is 0 Å². The Kier molecular flexibility index (Phi) is 11.8. The molecule has 0 saturated heterocycles. The van der Waals surface area contributed by atoms with Crippen LogP contribution in [0.5, 0.6) is 17.2 Å². The average Bonchev–Trinajstić information content (AvgIpc) is 3.17. The molecule has 5 rings (SSSR count). The lowest BCUT2D eigenvalue weighted by molar-refractivity contribution is -0.394. The fraction of sp³-hybridized carbons (Fsp3) is 0. The molecular formula is C30H19N11O17S2. The minimum Gasteiger partial charge on any atom is -0.504 e. The quantitative estimate of drug-likeness (QED) is 0.0267. The number of nitro benzene ring substituents is 4. The van der Waals surface area contributed by atoms with E-state index in [0.29, 0.717) is 24.3 Å². The minimum atomic E-state index is -5.20. The molecule has 0 saturated carbocycles. The lowest BCUT2D eigenvalue weighted by atomic mass is 10.2. The molecular weight excluding hydrogens is 851 g/mol. The maximum Gasteiger partial charge on any atom is 0.319 e. The Hall–Kier alpha value is -8.48. The monoisotopic (exact) mass is 869 g/mol. The van der Waals surface area contributed by atoms with E-state index in [0.717, 1.165) is 30.3 Å². The van der Waals surface area contributed by atoms with Gasteiger partial charge in [0.1, 0.15) is 32.5 Å². The van der Waals surface area contributed by atoms with Crippen molar-refractivity contribution in [3.05, 3.63) is 119 Å². The van der Waals surface area contributed by atoms with Crippen molar-refractivity contribution < 1.29 is 61.0 Å². The number of aromatic hydroxyl groups is 3. The Bertz CT molecular complexity index is 2960. The van der Waals surface area contributed by atoms with E-state index in [-0.39, 0.29) is 17.1 Å². The molecule has 6 N–H and O–H groups in total. The summed E-state index contributed by atoms with van der Waals surface area (Å²) in [5.74, 6) is -3.39. The summed E-state index contributed by atoms with van der Waals surface area (Å²) in [6.07, 6.45) is 0. The van der Waals surface area contributed by atoms with Gasteiger partial charge in [-0.15, -0.1) is 25.6 Å². The molecule has 0 fully saturated rings. The second kappa shape index (κ2) is 16.5. The van der Waals surface area contributed by atoms with E-state index in [4.69, 9.17) is 0 Å². The molecule has 0 bridgehead atoms. The van der Waals surface area contributed by atoms with Crippen LogP contribution in [0.25, 0.3) is 0 Å². The first-order valence-electron chi connectivity index (χ1n) is 15.4. The first kappa shape index (κ1) is 42.7. The van der Waals surface area contributed by atoms with Crippen LogP contribution in [0.1, 0.15) is 0 Å². The molecule has 28 nitrogen and oxygen atoms in total. The largest absolute Gasteiger partial charge is 0.504 e.